The fourth-order valence-corrected chi connectivity index (χ4v) is 3.88. The van der Waals surface area contributed by atoms with E-state index in [1.807, 2.05) is 0 Å². The molecule has 1 atom stereocenters. The predicted octanol–water partition coefficient (Wildman–Crippen LogP) is 3.44. The molecule has 3 nitrogen and oxygen atoms in total. The highest BCUT2D eigenvalue weighted by Gasteiger charge is 2.25. The summed E-state index contributed by atoms with van der Waals surface area (Å²) in [5, 5.41) is 12.6. The summed E-state index contributed by atoms with van der Waals surface area (Å²) in [6, 6.07) is 8.10. The second-order valence-electron chi connectivity index (χ2n) is 6.30. The normalized spacial score (nSPS) is 22.0. The van der Waals surface area contributed by atoms with Crippen LogP contribution < -0.4 is 10.2 Å². The number of nitrogens with zero attached hydrogens (tertiary/aromatic N) is 1. The second kappa shape index (κ2) is 7.12. The van der Waals surface area contributed by atoms with Crippen LogP contribution in [-0.2, 0) is 6.54 Å². The monoisotopic (exact) mass is 352 g/mol. The van der Waals surface area contributed by atoms with Crippen LogP contribution in [-0.4, -0.2) is 30.3 Å². The molecule has 1 aromatic rings. The molecule has 1 heterocycles. The lowest BCUT2D eigenvalue weighted by Crippen LogP contribution is -2.29. The van der Waals surface area contributed by atoms with Crippen molar-refractivity contribution in [3.8, 4) is 0 Å². The van der Waals surface area contributed by atoms with Crippen molar-refractivity contribution in [2.75, 3.05) is 18.1 Å². The Bertz CT molecular complexity index is 476. The standard InChI is InChI=1S/C17H25BrN2O/c18-16-11-13(12-19-14-6-7-14)5-8-17(16)20-9-1-3-15(20)4-2-10-21/h5,8,11,14-15,19,21H,1-4,6-7,9-10,12H2. The van der Waals surface area contributed by atoms with E-state index in [0.717, 1.165) is 32.0 Å². The average molecular weight is 353 g/mol. The molecule has 1 saturated carbocycles. The molecule has 1 aromatic carbocycles. The minimum atomic E-state index is 0.303. The lowest BCUT2D eigenvalue weighted by molar-refractivity contribution is 0.279. The van der Waals surface area contributed by atoms with Gasteiger partial charge in [-0.3, -0.25) is 0 Å². The summed E-state index contributed by atoms with van der Waals surface area (Å²) in [5.41, 5.74) is 2.66. The Hall–Kier alpha value is -0.580. The fraction of sp³-hybridized carbons (Fsp3) is 0.647. The molecule has 4 heteroatoms. The van der Waals surface area contributed by atoms with Crippen molar-refractivity contribution in [1.82, 2.24) is 5.32 Å². The highest BCUT2D eigenvalue weighted by molar-refractivity contribution is 9.10. The number of hydrogen-bond acceptors (Lipinski definition) is 3. The van der Waals surface area contributed by atoms with Crippen LogP contribution in [0.5, 0.6) is 0 Å². The van der Waals surface area contributed by atoms with Crippen LogP contribution in [0.2, 0.25) is 0 Å². The number of rotatable bonds is 7. The van der Waals surface area contributed by atoms with Crippen molar-refractivity contribution in [3.63, 3.8) is 0 Å². The van der Waals surface area contributed by atoms with Gasteiger partial charge in [-0.25, -0.2) is 0 Å². The summed E-state index contributed by atoms with van der Waals surface area (Å²) >= 11 is 3.76. The number of halogens is 1. The molecule has 1 aliphatic heterocycles. The molecule has 116 valence electrons. The largest absolute Gasteiger partial charge is 0.396 e. The average Bonchev–Trinajstić information content (AvgIpc) is 3.21. The highest BCUT2D eigenvalue weighted by atomic mass is 79.9. The maximum atomic E-state index is 9.05. The Morgan fingerprint density at radius 1 is 1.29 bits per heavy atom. The van der Waals surface area contributed by atoms with Crippen LogP contribution in [0.4, 0.5) is 5.69 Å². The van der Waals surface area contributed by atoms with Gasteiger partial charge in [0.2, 0.25) is 0 Å². The lowest BCUT2D eigenvalue weighted by atomic mass is 10.1. The van der Waals surface area contributed by atoms with Crippen molar-refractivity contribution < 1.29 is 5.11 Å². The van der Waals surface area contributed by atoms with E-state index in [9.17, 15) is 0 Å². The lowest BCUT2D eigenvalue weighted by Gasteiger charge is -2.28. The van der Waals surface area contributed by atoms with E-state index in [1.165, 1.54) is 41.4 Å². The molecule has 0 radical (unpaired) electrons. The zero-order chi connectivity index (χ0) is 14.7. The van der Waals surface area contributed by atoms with Gasteiger partial charge in [-0.15, -0.1) is 0 Å². The number of aliphatic hydroxyl groups is 1. The first-order valence-corrected chi connectivity index (χ1v) is 8.96. The minimum absolute atomic E-state index is 0.303. The van der Waals surface area contributed by atoms with Gasteiger partial charge < -0.3 is 15.3 Å². The summed E-state index contributed by atoms with van der Waals surface area (Å²) in [6.07, 6.45) is 7.17. The van der Waals surface area contributed by atoms with E-state index < -0.39 is 0 Å². The molecule has 21 heavy (non-hydrogen) atoms. The maximum absolute atomic E-state index is 9.05. The van der Waals surface area contributed by atoms with Crippen LogP contribution in [0.3, 0.4) is 0 Å². The van der Waals surface area contributed by atoms with Gasteiger partial charge in [0.1, 0.15) is 0 Å². The third kappa shape index (κ3) is 3.99. The molecule has 0 amide bonds. The number of nitrogens with one attached hydrogen (secondary N) is 1. The molecular formula is C17H25BrN2O. The first kappa shape index (κ1) is 15.3. The number of hydrogen-bond donors (Lipinski definition) is 2. The van der Waals surface area contributed by atoms with E-state index in [2.05, 4.69) is 44.3 Å². The summed E-state index contributed by atoms with van der Waals surface area (Å²) in [7, 11) is 0. The molecule has 2 aliphatic rings. The first-order valence-electron chi connectivity index (χ1n) is 8.17. The number of aliphatic hydroxyl groups excluding tert-OH is 1. The second-order valence-corrected chi connectivity index (χ2v) is 7.15. The molecule has 1 saturated heterocycles. The maximum Gasteiger partial charge on any atom is 0.0513 e. The van der Waals surface area contributed by atoms with Crippen molar-refractivity contribution in [2.45, 2.75) is 57.2 Å². The van der Waals surface area contributed by atoms with Gasteiger partial charge in [-0.05, 0) is 72.2 Å². The summed E-state index contributed by atoms with van der Waals surface area (Å²) in [6.45, 7) is 2.41. The molecule has 2 fully saturated rings. The fourth-order valence-electron chi connectivity index (χ4n) is 3.22. The van der Waals surface area contributed by atoms with E-state index >= 15 is 0 Å². The van der Waals surface area contributed by atoms with Crippen LogP contribution in [0.25, 0.3) is 0 Å². The zero-order valence-corrected chi connectivity index (χ0v) is 14.1. The summed E-state index contributed by atoms with van der Waals surface area (Å²) < 4.78 is 1.20. The van der Waals surface area contributed by atoms with Gasteiger partial charge in [0.25, 0.3) is 0 Å². The highest BCUT2D eigenvalue weighted by Crippen LogP contribution is 2.34. The molecule has 2 N–H and O–H groups in total. The smallest absolute Gasteiger partial charge is 0.0513 e. The van der Waals surface area contributed by atoms with Gasteiger partial charge in [0, 0.05) is 36.3 Å². The zero-order valence-electron chi connectivity index (χ0n) is 12.5. The topological polar surface area (TPSA) is 35.5 Å². The van der Waals surface area contributed by atoms with Crippen molar-refractivity contribution in [1.29, 1.82) is 0 Å². The van der Waals surface area contributed by atoms with E-state index in [1.54, 1.807) is 0 Å². The minimum Gasteiger partial charge on any atom is -0.396 e. The molecule has 0 spiro atoms. The summed E-state index contributed by atoms with van der Waals surface area (Å²) in [4.78, 5) is 2.51. The van der Waals surface area contributed by atoms with Gasteiger partial charge in [-0.2, -0.15) is 0 Å². The molecule has 1 aliphatic carbocycles. The third-order valence-corrected chi connectivity index (χ3v) is 5.20. The van der Waals surface area contributed by atoms with Gasteiger partial charge in [0.05, 0.1) is 5.69 Å². The Kier molecular flexibility index (Phi) is 5.19. The molecule has 0 aromatic heterocycles. The Labute approximate surface area is 135 Å². The predicted molar refractivity (Wildman–Crippen MR) is 90.7 cm³/mol. The number of benzene rings is 1. The van der Waals surface area contributed by atoms with Crippen molar-refractivity contribution in [2.24, 2.45) is 0 Å². The van der Waals surface area contributed by atoms with Crippen LogP contribution in [0, 0.1) is 0 Å². The Morgan fingerprint density at radius 3 is 2.86 bits per heavy atom. The Balaban J connectivity index is 1.65. The van der Waals surface area contributed by atoms with E-state index in [0.29, 0.717) is 12.6 Å². The van der Waals surface area contributed by atoms with Gasteiger partial charge in [0.15, 0.2) is 0 Å². The third-order valence-electron chi connectivity index (χ3n) is 4.57. The van der Waals surface area contributed by atoms with Crippen molar-refractivity contribution in [3.05, 3.63) is 28.2 Å². The molecule has 1 unspecified atom stereocenters. The van der Waals surface area contributed by atoms with E-state index in [4.69, 9.17) is 5.11 Å². The number of anilines is 1. The van der Waals surface area contributed by atoms with Crippen LogP contribution >= 0.6 is 15.9 Å². The van der Waals surface area contributed by atoms with Gasteiger partial charge in [-0.1, -0.05) is 6.07 Å². The summed E-state index contributed by atoms with van der Waals surface area (Å²) in [5.74, 6) is 0. The van der Waals surface area contributed by atoms with Gasteiger partial charge >= 0.3 is 0 Å². The molecular weight excluding hydrogens is 328 g/mol. The van der Waals surface area contributed by atoms with E-state index in [-0.39, 0.29) is 0 Å². The molecule has 3 rings (SSSR count). The quantitative estimate of drug-likeness (QED) is 0.788. The molecule has 0 bridgehead atoms. The van der Waals surface area contributed by atoms with Crippen molar-refractivity contribution >= 4 is 21.6 Å². The first-order chi connectivity index (χ1) is 10.3. The Morgan fingerprint density at radius 2 is 2.14 bits per heavy atom. The SMILES string of the molecule is OCCCC1CCCN1c1ccc(CNC2CC2)cc1Br. The van der Waals surface area contributed by atoms with Crippen LogP contribution in [0.1, 0.15) is 44.1 Å². The van der Waals surface area contributed by atoms with Crippen LogP contribution in [0.15, 0.2) is 22.7 Å².